The Morgan fingerprint density at radius 1 is 0.578 bits per heavy atom. The van der Waals surface area contributed by atoms with E-state index >= 15 is 0 Å². The second-order valence-corrected chi connectivity index (χ2v) is 15.9. The summed E-state index contributed by atoms with van der Waals surface area (Å²) in [5, 5.41) is 28.9. The van der Waals surface area contributed by atoms with E-state index in [0.717, 1.165) is 32.1 Å². The predicted octanol–water partition coefficient (Wildman–Crippen LogP) is 10.1. The molecule has 0 aliphatic carbocycles. The highest BCUT2D eigenvalue weighted by molar-refractivity contribution is 7.47. The number of aliphatic hydroxyl groups excluding tert-OH is 2. The lowest BCUT2D eigenvalue weighted by Gasteiger charge is -2.20. The van der Waals surface area contributed by atoms with Gasteiger partial charge in [0, 0.05) is 12.8 Å². The number of allylic oxidation sites excluding steroid dienone is 18. The van der Waals surface area contributed by atoms with Crippen molar-refractivity contribution in [2.45, 2.75) is 141 Å². The van der Waals surface area contributed by atoms with Crippen LogP contribution in [0.15, 0.2) is 134 Å². The van der Waals surface area contributed by atoms with E-state index in [-0.39, 0.29) is 12.8 Å². The van der Waals surface area contributed by atoms with Gasteiger partial charge in [0.15, 0.2) is 6.10 Å². The van der Waals surface area contributed by atoms with Crippen LogP contribution in [0.1, 0.15) is 117 Å². The normalized spacial score (nSPS) is 15.8. The van der Waals surface area contributed by atoms with Crippen molar-refractivity contribution < 1.29 is 57.7 Å². The van der Waals surface area contributed by atoms with Crippen molar-refractivity contribution in [3.05, 3.63) is 134 Å². The number of phosphoric ester groups is 1. The van der Waals surface area contributed by atoms with Gasteiger partial charge >= 0.3 is 25.7 Å². The monoisotopic (exact) mass is 914 g/mol. The van der Waals surface area contributed by atoms with Gasteiger partial charge in [-0.25, -0.2) is 4.57 Å². The first-order chi connectivity index (χ1) is 30.9. The molecule has 0 aromatic carbocycles. The summed E-state index contributed by atoms with van der Waals surface area (Å²) in [5.41, 5.74) is 5.32. The number of nitrogens with two attached hydrogens (primary N) is 1. The Kier molecular flexibility index (Phi) is 39.5. The van der Waals surface area contributed by atoms with Crippen molar-refractivity contribution in [2.24, 2.45) is 5.73 Å². The number of aliphatic hydroxyl groups is 2. The standard InChI is InChI=1S/C50H76NO12P/c1-3-5-7-8-9-10-11-12-13-14-15-16-17-18-19-20-21-25-33-39-48(54)60-41-46(42-61-64(58,59)62-43-47(51)50(56)57)63-49(55)40-34-26-23-22-24-30-36-45(53)38-32-28-27-31-37-44(52)35-29-6-4-2/h6,9-10,12-13,15-16,18-19,21,23-32,37-38,44-47,52-53H,3-5,7-8,11,14,17,20,22,33-36,39-43,51H2,1-2H3,(H,56,57)(H,58,59)/b10-9-,13-12-,16-15-,19-18-,25-21-,26-23-,28-27-,29-6-,30-24-,37-31+,38-32+/t44-,45+,46+,47-/m0/s1. The molecule has 0 aliphatic heterocycles. The maximum atomic E-state index is 12.6. The predicted molar refractivity (Wildman–Crippen MR) is 256 cm³/mol. The topological polar surface area (TPSA) is 212 Å². The highest BCUT2D eigenvalue weighted by Gasteiger charge is 2.28. The van der Waals surface area contributed by atoms with Crippen LogP contribution in [0, 0.1) is 0 Å². The Labute approximate surface area is 382 Å². The first-order valence-electron chi connectivity index (χ1n) is 22.4. The number of phosphoric acid groups is 1. The van der Waals surface area contributed by atoms with Crippen LogP contribution in [0.2, 0.25) is 0 Å². The lowest BCUT2D eigenvalue weighted by Crippen LogP contribution is -2.34. The summed E-state index contributed by atoms with van der Waals surface area (Å²) in [5.74, 6) is -2.70. The van der Waals surface area contributed by atoms with Gasteiger partial charge in [0.1, 0.15) is 12.6 Å². The molecule has 14 heteroatoms. The van der Waals surface area contributed by atoms with E-state index in [1.165, 1.54) is 19.3 Å². The second kappa shape index (κ2) is 42.5. The van der Waals surface area contributed by atoms with Gasteiger partial charge < -0.3 is 35.4 Å². The van der Waals surface area contributed by atoms with Crippen molar-refractivity contribution in [3.8, 4) is 0 Å². The molecule has 0 aliphatic rings. The molecule has 0 aromatic heterocycles. The zero-order valence-electron chi connectivity index (χ0n) is 38.0. The quantitative estimate of drug-likeness (QED) is 0.0128. The maximum Gasteiger partial charge on any atom is 0.472 e. The Balaban J connectivity index is 4.73. The van der Waals surface area contributed by atoms with E-state index < -0.39 is 69.9 Å². The highest BCUT2D eigenvalue weighted by atomic mass is 31.2. The molecule has 0 fully saturated rings. The molecular formula is C50H76NO12P. The van der Waals surface area contributed by atoms with Gasteiger partial charge in [-0.3, -0.25) is 23.4 Å². The van der Waals surface area contributed by atoms with Crippen molar-refractivity contribution >= 4 is 25.7 Å². The minimum atomic E-state index is -4.79. The molecule has 0 rings (SSSR count). The van der Waals surface area contributed by atoms with Crippen LogP contribution >= 0.6 is 7.82 Å². The summed E-state index contributed by atoms with van der Waals surface area (Å²) in [4.78, 5) is 46.0. The fourth-order valence-corrected chi connectivity index (χ4v) is 5.79. The van der Waals surface area contributed by atoms with Gasteiger partial charge in [0.05, 0.1) is 25.4 Å². The minimum absolute atomic E-state index is 0.0449. The van der Waals surface area contributed by atoms with E-state index in [9.17, 15) is 34.1 Å². The van der Waals surface area contributed by atoms with Crippen LogP contribution in [0.25, 0.3) is 0 Å². The lowest BCUT2D eigenvalue weighted by molar-refractivity contribution is -0.161. The third kappa shape index (κ3) is 41.5. The van der Waals surface area contributed by atoms with Crippen LogP contribution in [-0.4, -0.2) is 82.3 Å². The molecule has 5 atom stereocenters. The van der Waals surface area contributed by atoms with Crippen LogP contribution < -0.4 is 5.73 Å². The Morgan fingerprint density at radius 2 is 1.03 bits per heavy atom. The van der Waals surface area contributed by atoms with E-state index in [0.29, 0.717) is 38.5 Å². The molecule has 0 saturated heterocycles. The number of carboxylic acid groups (broad SMARTS) is 1. The zero-order chi connectivity index (χ0) is 47.4. The number of carbonyl (C=O) groups excluding carboxylic acids is 2. The van der Waals surface area contributed by atoms with E-state index in [4.69, 9.17) is 24.8 Å². The lowest BCUT2D eigenvalue weighted by atomic mass is 10.2. The van der Waals surface area contributed by atoms with Crippen molar-refractivity contribution in [1.29, 1.82) is 0 Å². The number of hydrogen-bond donors (Lipinski definition) is 5. The van der Waals surface area contributed by atoms with Gasteiger partial charge in [-0.1, -0.05) is 160 Å². The number of unbranched alkanes of at least 4 members (excludes halogenated alkanes) is 3. The Morgan fingerprint density at radius 3 is 1.53 bits per heavy atom. The molecule has 0 bridgehead atoms. The molecule has 64 heavy (non-hydrogen) atoms. The van der Waals surface area contributed by atoms with Gasteiger partial charge in [0.25, 0.3) is 0 Å². The summed E-state index contributed by atoms with van der Waals surface area (Å²) in [6.45, 7) is 2.30. The molecule has 0 saturated carbocycles. The number of rotatable bonds is 39. The molecule has 1 unspecified atom stereocenters. The summed E-state index contributed by atoms with van der Waals surface area (Å²) >= 11 is 0. The van der Waals surface area contributed by atoms with Crippen LogP contribution in [-0.2, 0) is 37.5 Å². The molecule has 13 nitrogen and oxygen atoms in total. The molecule has 0 spiro atoms. The summed E-state index contributed by atoms with van der Waals surface area (Å²) in [6, 6.07) is -1.57. The summed E-state index contributed by atoms with van der Waals surface area (Å²) < 4.78 is 32.5. The second-order valence-electron chi connectivity index (χ2n) is 14.5. The average Bonchev–Trinajstić information content (AvgIpc) is 3.26. The van der Waals surface area contributed by atoms with E-state index in [2.05, 4.69) is 54.0 Å². The minimum Gasteiger partial charge on any atom is -0.480 e. The van der Waals surface area contributed by atoms with E-state index in [1.54, 1.807) is 42.5 Å². The summed E-state index contributed by atoms with van der Waals surface area (Å²) in [6.07, 6.45) is 51.8. The number of esters is 2. The fourth-order valence-electron chi connectivity index (χ4n) is 5.01. The fraction of sp³-hybridized carbons (Fsp3) is 0.500. The molecule has 358 valence electrons. The molecule has 0 radical (unpaired) electrons. The number of carbonyl (C=O) groups is 3. The highest BCUT2D eigenvalue weighted by Crippen LogP contribution is 2.43. The van der Waals surface area contributed by atoms with Gasteiger partial charge in [-0.2, -0.15) is 0 Å². The van der Waals surface area contributed by atoms with Gasteiger partial charge in [-0.05, 0) is 77.0 Å². The van der Waals surface area contributed by atoms with Crippen LogP contribution in [0.3, 0.4) is 0 Å². The number of aliphatic carboxylic acids is 1. The van der Waals surface area contributed by atoms with Crippen molar-refractivity contribution in [1.82, 2.24) is 0 Å². The smallest absolute Gasteiger partial charge is 0.472 e. The molecule has 0 aromatic rings. The first-order valence-corrected chi connectivity index (χ1v) is 23.9. The number of ether oxygens (including phenoxy) is 2. The largest absolute Gasteiger partial charge is 0.480 e. The van der Waals surface area contributed by atoms with E-state index in [1.807, 2.05) is 55.5 Å². The number of carboxylic acids is 1. The van der Waals surface area contributed by atoms with Crippen LogP contribution in [0.5, 0.6) is 0 Å². The maximum absolute atomic E-state index is 12.6. The molecule has 6 N–H and O–H groups in total. The SMILES string of the molecule is CC/C=C\C[C@H](O)/C=C/C=C\C=C\[C@H](O)C/C=C\C/C=C\CCC(=O)O[C@H](COC(=O)CC/C=C\C/C=C\C/C=C\C/C=C\C/C=C\CCCCC)COP(=O)(O)OC[C@H](N)C(=O)O. The molecular weight excluding hydrogens is 838 g/mol. The third-order valence-corrected chi connectivity index (χ3v) is 9.53. The zero-order valence-corrected chi connectivity index (χ0v) is 38.9. The third-order valence-electron chi connectivity index (χ3n) is 8.58. The Bertz CT molecular complexity index is 1620. The molecule has 0 amide bonds. The number of hydrogen-bond acceptors (Lipinski definition) is 11. The van der Waals surface area contributed by atoms with Crippen molar-refractivity contribution in [2.75, 3.05) is 19.8 Å². The van der Waals surface area contributed by atoms with Gasteiger partial charge in [0.2, 0.25) is 0 Å². The van der Waals surface area contributed by atoms with Crippen LogP contribution in [0.4, 0.5) is 0 Å². The van der Waals surface area contributed by atoms with Crippen molar-refractivity contribution in [3.63, 3.8) is 0 Å². The Hall–Kier alpha value is -4.46. The van der Waals surface area contributed by atoms with Gasteiger partial charge in [-0.15, -0.1) is 0 Å². The first kappa shape index (κ1) is 59.5. The average molecular weight is 914 g/mol. The molecule has 0 heterocycles. The summed E-state index contributed by atoms with van der Waals surface area (Å²) in [7, 11) is -4.79.